The van der Waals surface area contributed by atoms with E-state index in [1.807, 2.05) is 0 Å². The number of fused-ring (bicyclic) bond motifs is 3. The minimum absolute atomic E-state index is 0.302. The van der Waals surface area contributed by atoms with E-state index in [-0.39, 0.29) is 0 Å². The fourth-order valence-corrected chi connectivity index (χ4v) is 6.82. The van der Waals surface area contributed by atoms with E-state index in [0.717, 1.165) is 36.2 Å². The van der Waals surface area contributed by atoms with Gasteiger partial charge in [-0.05, 0) is 99.3 Å². The monoisotopic (exact) mass is 420 g/mol. The summed E-state index contributed by atoms with van der Waals surface area (Å²) in [6.45, 7) is 5.25. The summed E-state index contributed by atoms with van der Waals surface area (Å²) in [6, 6.07) is 8.40. The maximum Gasteiger partial charge on any atom is 0.119 e. The van der Waals surface area contributed by atoms with Crippen molar-refractivity contribution >= 4 is 0 Å². The van der Waals surface area contributed by atoms with Crippen molar-refractivity contribution in [1.82, 2.24) is 0 Å². The van der Waals surface area contributed by atoms with Crippen LogP contribution in [0, 0.1) is 34.5 Å². The van der Waals surface area contributed by atoms with Crippen LogP contribution in [0.15, 0.2) is 24.3 Å². The Morgan fingerprint density at radius 1 is 0.839 bits per heavy atom. The van der Waals surface area contributed by atoms with Crippen LogP contribution in [-0.4, -0.2) is 6.61 Å². The molecule has 0 radical (unpaired) electrons. The van der Waals surface area contributed by atoms with Gasteiger partial charge in [0.05, 0.1) is 6.61 Å². The van der Waals surface area contributed by atoms with E-state index in [9.17, 15) is 0 Å². The molecule has 0 aromatic heterocycles. The van der Waals surface area contributed by atoms with E-state index in [2.05, 4.69) is 50.0 Å². The molecule has 1 heteroatoms. The standard InChI is InChI=1S/C30H44O/c1-3-5-6-7-25-8-12-27(13-9-25)30-21-18-29(19-22-30,20-23-30)17-16-26-10-14-28(15-11-26)31-24-4-2/h10-11,14-15,25,27H,3-9,12-13,18-24H2,1-2H3/t25-,27-,29?,30?. The molecule has 4 aliphatic carbocycles. The van der Waals surface area contributed by atoms with Crippen molar-refractivity contribution in [1.29, 1.82) is 0 Å². The van der Waals surface area contributed by atoms with Crippen molar-refractivity contribution in [2.75, 3.05) is 6.61 Å². The summed E-state index contributed by atoms with van der Waals surface area (Å²) < 4.78 is 5.70. The second-order valence-corrected chi connectivity index (χ2v) is 11.0. The highest BCUT2D eigenvalue weighted by molar-refractivity contribution is 5.39. The first-order valence-electron chi connectivity index (χ1n) is 13.4. The Hall–Kier alpha value is -1.42. The smallest absolute Gasteiger partial charge is 0.119 e. The largest absolute Gasteiger partial charge is 0.494 e. The van der Waals surface area contributed by atoms with Crippen molar-refractivity contribution in [3.8, 4) is 17.6 Å². The molecule has 0 saturated heterocycles. The van der Waals surface area contributed by atoms with Crippen LogP contribution in [0.4, 0.5) is 0 Å². The molecular formula is C30H44O. The van der Waals surface area contributed by atoms with Crippen molar-refractivity contribution in [3.05, 3.63) is 29.8 Å². The maximum absolute atomic E-state index is 5.70. The molecule has 0 heterocycles. The Bertz CT molecular complexity index is 716. The summed E-state index contributed by atoms with van der Waals surface area (Å²) >= 11 is 0. The van der Waals surface area contributed by atoms with Gasteiger partial charge in [-0.15, -0.1) is 0 Å². The first-order valence-corrected chi connectivity index (χ1v) is 13.4. The van der Waals surface area contributed by atoms with Gasteiger partial charge in [0.25, 0.3) is 0 Å². The van der Waals surface area contributed by atoms with E-state index in [1.54, 1.807) is 0 Å². The number of rotatable bonds is 8. The van der Waals surface area contributed by atoms with Crippen LogP contribution in [0.25, 0.3) is 0 Å². The topological polar surface area (TPSA) is 9.23 Å². The summed E-state index contributed by atoms with van der Waals surface area (Å²) in [5.41, 5.74) is 2.12. The predicted octanol–water partition coefficient (Wildman–Crippen LogP) is 8.55. The molecule has 170 valence electrons. The molecule has 0 atom stereocenters. The van der Waals surface area contributed by atoms with Crippen LogP contribution in [0.2, 0.25) is 0 Å². The third kappa shape index (κ3) is 5.50. The molecule has 1 nitrogen and oxygen atoms in total. The van der Waals surface area contributed by atoms with Gasteiger partial charge in [-0.2, -0.15) is 0 Å². The van der Waals surface area contributed by atoms with Crippen molar-refractivity contribution in [2.24, 2.45) is 22.7 Å². The van der Waals surface area contributed by atoms with Gasteiger partial charge in [-0.3, -0.25) is 0 Å². The normalized spacial score (nSPS) is 32.3. The van der Waals surface area contributed by atoms with Gasteiger partial charge in [0.2, 0.25) is 0 Å². The average molecular weight is 421 g/mol. The van der Waals surface area contributed by atoms with E-state index < -0.39 is 0 Å². The molecule has 0 aliphatic heterocycles. The fourth-order valence-electron chi connectivity index (χ4n) is 6.82. The third-order valence-corrected chi connectivity index (χ3v) is 9.03. The van der Waals surface area contributed by atoms with Gasteiger partial charge in [0.1, 0.15) is 5.75 Å². The average Bonchev–Trinajstić information content (AvgIpc) is 2.84. The minimum atomic E-state index is 0.302. The molecule has 4 saturated carbocycles. The zero-order valence-corrected chi connectivity index (χ0v) is 20.2. The molecule has 4 fully saturated rings. The summed E-state index contributed by atoms with van der Waals surface area (Å²) in [4.78, 5) is 0. The van der Waals surface area contributed by atoms with Gasteiger partial charge in [0, 0.05) is 11.0 Å². The van der Waals surface area contributed by atoms with Crippen LogP contribution in [0.5, 0.6) is 5.75 Å². The summed E-state index contributed by atoms with van der Waals surface area (Å²) in [5, 5.41) is 0. The molecule has 31 heavy (non-hydrogen) atoms. The Labute approximate surface area is 191 Å². The fraction of sp³-hybridized carbons (Fsp3) is 0.733. The Morgan fingerprint density at radius 3 is 2.13 bits per heavy atom. The Kier molecular flexibility index (Phi) is 7.68. The van der Waals surface area contributed by atoms with Crippen molar-refractivity contribution in [3.63, 3.8) is 0 Å². The lowest BCUT2D eigenvalue weighted by molar-refractivity contribution is -0.0379. The quantitative estimate of drug-likeness (QED) is 0.302. The van der Waals surface area contributed by atoms with Gasteiger partial charge in [-0.1, -0.05) is 64.2 Å². The molecule has 0 amide bonds. The molecule has 0 N–H and O–H groups in total. The molecule has 4 aliphatic rings. The van der Waals surface area contributed by atoms with Crippen LogP contribution in [0.1, 0.15) is 116 Å². The first-order chi connectivity index (χ1) is 15.2. The minimum Gasteiger partial charge on any atom is -0.494 e. The molecule has 1 aromatic carbocycles. The molecular weight excluding hydrogens is 376 g/mol. The van der Waals surface area contributed by atoms with Gasteiger partial charge in [0.15, 0.2) is 0 Å². The van der Waals surface area contributed by atoms with Crippen LogP contribution < -0.4 is 4.74 Å². The highest BCUT2D eigenvalue weighted by atomic mass is 16.5. The molecule has 1 aromatic rings. The van der Waals surface area contributed by atoms with E-state index >= 15 is 0 Å². The second-order valence-electron chi connectivity index (χ2n) is 11.0. The summed E-state index contributed by atoms with van der Waals surface area (Å²) in [6.07, 6.45) is 21.2. The van der Waals surface area contributed by atoms with E-state index in [1.165, 1.54) is 89.9 Å². The summed E-state index contributed by atoms with van der Waals surface area (Å²) in [5.74, 6) is 10.3. The van der Waals surface area contributed by atoms with Crippen LogP contribution in [0.3, 0.4) is 0 Å². The van der Waals surface area contributed by atoms with Crippen LogP contribution >= 0.6 is 0 Å². The summed E-state index contributed by atoms with van der Waals surface area (Å²) in [7, 11) is 0. The highest BCUT2D eigenvalue weighted by Gasteiger charge is 2.51. The molecule has 5 rings (SSSR count). The molecule has 0 spiro atoms. The zero-order chi connectivity index (χ0) is 21.6. The maximum atomic E-state index is 5.70. The number of hydrogen-bond donors (Lipinski definition) is 0. The highest BCUT2D eigenvalue weighted by Crippen LogP contribution is 2.62. The lowest BCUT2D eigenvalue weighted by Crippen LogP contribution is -2.45. The Morgan fingerprint density at radius 2 is 1.52 bits per heavy atom. The third-order valence-electron chi connectivity index (χ3n) is 9.03. The first kappa shape index (κ1) is 22.8. The zero-order valence-electron chi connectivity index (χ0n) is 20.2. The second kappa shape index (κ2) is 10.5. The SMILES string of the molecule is CCCCC[C@H]1CC[C@H](C23CCC(C#Cc4ccc(OCCC)cc4)(CC2)CC3)CC1. The van der Waals surface area contributed by atoms with Gasteiger partial charge < -0.3 is 4.74 Å². The molecule has 0 unspecified atom stereocenters. The lowest BCUT2D eigenvalue weighted by Gasteiger charge is -2.56. The van der Waals surface area contributed by atoms with E-state index in [0.29, 0.717) is 10.8 Å². The van der Waals surface area contributed by atoms with Crippen molar-refractivity contribution < 1.29 is 4.74 Å². The van der Waals surface area contributed by atoms with E-state index in [4.69, 9.17) is 4.74 Å². The van der Waals surface area contributed by atoms with Gasteiger partial charge >= 0.3 is 0 Å². The predicted molar refractivity (Wildman–Crippen MR) is 131 cm³/mol. The number of hydrogen-bond acceptors (Lipinski definition) is 1. The molecule has 2 bridgehead atoms. The lowest BCUT2D eigenvalue weighted by atomic mass is 9.48. The number of benzene rings is 1. The Balaban J connectivity index is 1.29. The number of ether oxygens (including phenoxy) is 1. The van der Waals surface area contributed by atoms with Crippen molar-refractivity contribution in [2.45, 2.75) is 110 Å². The number of unbranched alkanes of at least 4 members (excludes halogenated alkanes) is 2. The van der Waals surface area contributed by atoms with Crippen LogP contribution in [-0.2, 0) is 0 Å². The van der Waals surface area contributed by atoms with Gasteiger partial charge in [-0.25, -0.2) is 0 Å².